The lowest BCUT2D eigenvalue weighted by molar-refractivity contribution is -0.384. The van der Waals surface area contributed by atoms with Crippen LogP contribution in [0, 0.1) is 17.0 Å². The van der Waals surface area contributed by atoms with Crippen molar-refractivity contribution < 1.29 is 9.72 Å². The molecule has 1 fully saturated rings. The van der Waals surface area contributed by atoms with Gasteiger partial charge in [0.25, 0.3) is 11.6 Å². The number of anilines is 2. The standard InChI is InChI=1S/C22H22N4O3/c1-15-8-10-17-18(23-15)6-5-7-19(17)24-22(27)16-9-11-20(21(14-16)26(28)29)25-12-3-2-4-13-25/h5-11,14H,2-4,12-13H2,1H3,(H,24,27). The first-order valence-corrected chi connectivity index (χ1v) is 9.74. The Bertz CT molecular complexity index is 1090. The van der Waals surface area contributed by atoms with E-state index in [9.17, 15) is 14.9 Å². The summed E-state index contributed by atoms with van der Waals surface area (Å²) in [4.78, 5) is 30.6. The van der Waals surface area contributed by atoms with Gasteiger partial charge in [0.05, 0.1) is 16.1 Å². The first-order chi connectivity index (χ1) is 14.0. The summed E-state index contributed by atoms with van der Waals surface area (Å²) in [6, 6.07) is 14.0. The predicted molar refractivity (Wildman–Crippen MR) is 114 cm³/mol. The minimum Gasteiger partial charge on any atom is -0.366 e. The van der Waals surface area contributed by atoms with E-state index in [0.717, 1.165) is 48.9 Å². The van der Waals surface area contributed by atoms with Crippen molar-refractivity contribution >= 4 is 33.9 Å². The maximum Gasteiger partial charge on any atom is 0.293 e. The zero-order valence-corrected chi connectivity index (χ0v) is 16.2. The number of rotatable bonds is 4. The normalized spacial score (nSPS) is 14.0. The minimum absolute atomic E-state index is 0.0326. The number of nitrogens with one attached hydrogen (secondary N) is 1. The summed E-state index contributed by atoms with van der Waals surface area (Å²) in [5.74, 6) is -0.383. The van der Waals surface area contributed by atoms with E-state index in [1.54, 1.807) is 18.2 Å². The Morgan fingerprint density at radius 2 is 1.90 bits per heavy atom. The van der Waals surface area contributed by atoms with Gasteiger partial charge in [-0.15, -0.1) is 0 Å². The number of amides is 1. The number of hydrogen-bond acceptors (Lipinski definition) is 5. The molecule has 0 spiro atoms. The molecule has 7 heteroatoms. The molecule has 29 heavy (non-hydrogen) atoms. The first-order valence-electron chi connectivity index (χ1n) is 9.74. The molecule has 4 rings (SSSR count). The molecule has 0 aliphatic carbocycles. The number of benzene rings is 2. The van der Waals surface area contributed by atoms with Crippen molar-refractivity contribution in [2.24, 2.45) is 0 Å². The van der Waals surface area contributed by atoms with E-state index in [1.807, 2.05) is 36.1 Å². The van der Waals surface area contributed by atoms with Gasteiger partial charge in [-0.1, -0.05) is 6.07 Å². The molecule has 2 heterocycles. The zero-order valence-electron chi connectivity index (χ0n) is 16.2. The fraction of sp³-hybridized carbons (Fsp3) is 0.273. The van der Waals surface area contributed by atoms with Crippen molar-refractivity contribution in [2.45, 2.75) is 26.2 Å². The Balaban J connectivity index is 1.64. The molecule has 148 valence electrons. The van der Waals surface area contributed by atoms with Gasteiger partial charge in [0.15, 0.2) is 0 Å². The number of carbonyl (C=O) groups excluding carboxylic acids is 1. The van der Waals surface area contributed by atoms with E-state index in [4.69, 9.17) is 0 Å². The number of carbonyl (C=O) groups is 1. The Hall–Kier alpha value is -3.48. The highest BCUT2D eigenvalue weighted by molar-refractivity contribution is 6.09. The lowest BCUT2D eigenvalue weighted by Gasteiger charge is -2.28. The molecule has 1 saturated heterocycles. The maximum atomic E-state index is 12.8. The summed E-state index contributed by atoms with van der Waals surface area (Å²) < 4.78 is 0. The molecular weight excluding hydrogens is 368 g/mol. The van der Waals surface area contributed by atoms with Crippen LogP contribution in [0.1, 0.15) is 35.3 Å². The topological polar surface area (TPSA) is 88.4 Å². The number of fused-ring (bicyclic) bond motifs is 1. The van der Waals surface area contributed by atoms with E-state index in [-0.39, 0.29) is 17.2 Å². The molecule has 0 atom stereocenters. The number of aromatic nitrogens is 1. The summed E-state index contributed by atoms with van der Waals surface area (Å²) in [6.45, 7) is 3.51. The van der Waals surface area contributed by atoms with Crippen LogP contribution in [0.3, 0.4) is 0 Å². The van der Waals surface area contributed by atoms with E-state index < -0.39 is 4.92 Å². The van der Waals surface area contributed by atoms with Gasteiger partial charge in [0.1, 0.15) is 5.69 Å². The third-order valence-corrected chi connectivity index (χ3v) is 5.25. The lowest BCUT2D eigenvalue weighted by Crippen LogP contribution is -2.30. The number of aryl methyl sites for hydroxylation is 1. The molecule has 3 aromatic rings. The van der Waals surface area contributed by atoms with Crippen molar-refractivity contribution in [3.05, 3.63) is 69.9 Å². The van der Waals surface area contributed by atoms with E-state index >= 15 is 0 Å². The monoisotopic (exact) mass is 390 g/mol. The van der Waals surface area contributed by atoms with Gasteiger partial charge in [-0.3, -0.25) is 19.9 Å². The van der Waals surface area contributed by atoms with Gasteiger partial charge < -0.3 is 10.2 Å². The predicted octanol–water partition coefficient (Wildman–Crippen LogP) is 4.69. The van der Waals surface area contributed by atoms with Gasteiger partial charge >= 0.3 is 0 Å². The molecule has 7 nitrogen and oxygen atoms in total. The third kappa shape index (κ3) is 3.89. The SMILES string of the molecule is Cc1ccc2c(NC(=O)c3ccc(N4CCCCC4)c([N+](=O)[O-])c3)cccc2n1. The van der Waals surface area contributed by atoms with Crippen LogP contribution in [0.4, 0.5) is 17.1 Å². The largest absolute Gasteiger partial charge is 0.366 e. The minimum atomic E-state index is -0.411. The highest BCUT2D eigenvalue weighted by atomic mass is 16.6. The van der Waals surface area contributed by atoms with Crippen molar-refractivity contribution in [3.63, 3.8) is 0 Å². The number of nitro benzene ring substituents is 1. The maximum absolute atomic E-state index is 12.8. The smallest absolute Gasteiger partial charge is 0.293 e. The number of nitrogens with zero attached hydrogens (tertiary/aromatic N) is 3. The Morgan fingerprint density at radius 1 is 1.10 bits per heavy atom. The van der Waals surface area contributed by atoms with Crippen molar-refractivity contribution in [2.75, 3.05) is 23.3 Å². The molecule has 2 aromatic carbocycles. The molecule has 1 N–H and O–H groups in total. The van der Waals surface area contributed by atoms with Gasteiger partial charge in [-0.25, -0.2) is 0 Å². The molecular formula is C22H22N4O3. The van der Waals surface area contributed by atoms with Crippen LogP contribution >= 0.6 is 0 Å². The zero-order chi connectivity index (χ0) is 20.4. The second-order valence-corrected chi connectivity index (χ2v) is 7.29. The summed E-state index contributed by atoms with van der Waals surface area (Å²) >= 11 is 0. The molecule has 1 aromatic heterocycles. The lowest BCUT2D eigenvalue weighted by atomic mass is 10.1. The third-order valence-electron chi connectivity index (χ3n) is 5.25. The number of nitro groups is 1. The van der Waals surface area contributed by atoms with Crippen molar-refractivity contribution in [1.82, 2.24) is 4.98 Å². The second kappa shape index (κ2) is 7.87. The van der Waals surface area contributed by atoms with Gasteiger partial charge in [0, 0.05) is 35.8 Å². The summed E-state index contributed by atoms with van der Waals surface area (Å²) in [6.07, 6.45) is 3.19. The van der Waals surface area contributed by atoms with Gasteiger partial charge in [0.2, 0.25) is 0 Å². The number of pyridine rings is 1. The van der Waals surface area contributed by atoms with Crippen LogP contribution < -0.4 is 10.2 Å². The molecule has 0 saturated carbocycles. The summed E-state index contributed by atoms with van der Waals surface area (Å²) in [5, 5.41) is 15.3. The van der Waals surface area contributed by atoms with Crippen molar-refractivity contribution in [3.8, 4) is 0 Å². The average molecular weight is 390 g/mol. The first kappa shape index (κ1) is 18.9. The molecule has 0 bridgehead atoms. The van der Waals surface area contributed by atoms with Crippen LogP contribution in [0.5, 0.6) is 0 Å². The van der Waals surface area contributed by atoms with Crippen LogP contribution in [0.25, 0.3) is 10.9 Å². The molecule has 0 radical (unpaired) electrons. The summed E-state index contributed by atoms with van der Waals surface area (Å²) in [7, 11) is 0. The van der Waals surface area contributed by atoms with Crippen LogP contribution in [-0.2, 0) is 0 Å². The molecule has 0 unspecified atom stereocenters. The van der Waals surface area contributed by atoms with Gasteiger partial charge in [-0.05, 0) is 62.6 Å². The number of hydrogen-bond donors (Lipinski definition) is 1. The molecule has 1 amide bonds. The Kier molecular flexibility index (Phi) is 5.12. The van der Waals surface area contributed by atoms with Crippen LogP contribution in [-0.4, -0.2) is 28.9 Å². The van der Waals surface area contributed by atoms with E-state index in [0.29, 0.717) is 11.4 Å². The highest BCUT2D eigenvalue weighted by Crippen LogP contribution is 2.32. The molecule has 1 aliphatic rings. The average Bonchev–Trinajstić information content (AvgIpc) is 2.73. The quantitative estimate of drug-likeness (QED) is 0.515. The van der Waals surface area contributed by atoms with E-state index in [1.165, 1.54) is 6.07 Å². The Labute approximate surface area is 168 Å². The Morgan fingerprint density at radius 3 is 2.66 bits per heavy atom. The molecule has 1 aliphatic heterocycles. The highest BCUT2D eigenvalue weighted by Gasteiger charge is 2.23. The fourth-order valence-electron chi connectivity index (χ4n) is 3.77. The fourth-order valence-corrected chi connectivity index (χ4v) is 3.77. The van der Waals surface area contributed by atoms with E-state index in [2.05, 4.69) is 10.3 Å². The second-order valence-electron chi connectivity index (χ2n) is 7.29. The van der Waals surface area contributed by atoms with Crippen molar-refractivity contribution in [1.29, 1.82) is 0 Å². The van der Waals surface area contributed by atoms with Gasteiger partial charge in [-0.2, -0.15) is 0 Å². The van der Waals surface area contributed by atoms with Crippen LogP contribution in [0.15, 0.2) is 48.5 Å². The van der Waals surface area contributed by atoms with Crippen LogP contribution in [0.2, 0.25) is 0 Å². The number of piperidine rings is 1. The summed E-state index contributed by atoms with van der Waals surface area (Å²) in [5.41, 5.74) is 3.11.